The molecular weight excluding hydrogens is 448 g/mol. The van der Waals surface area contributed by atoms with Gasteiger partial charge in [0.05, 0.1) is 72.3 Å². The molecule has 0 spiro atoms. The summed E-state index contributed by atoms with van der Waals surface area (Å²) in [5, 5.41) is 0. The molecule has 0 aliphatic rings. The van der Waals surface area contributed by atoms with Crippen molar-refractivity contribution in [2.24, 2.45) is 0 Å². The number of ether oxygens (including phenoxy) is 7. The molecule has 0 aliphatic heterocycles. The summed E-state index contributed by atoms with van der Waals surface area (Å²) in [7, 11) is 0. The first kappa shape index (κ1) is 31.4. The summed E-state index contributed by atoms with van der Waals surface area (Å²) in [6, 6.07) is 8.44. The van der Waals surface area contributed by atoms with Crippen LogP contribution in [0.1, 0.15) is 51.0 Å². The van der Waals surface area contributed by atoms with E-state index in [9.17, 15) is 0 Å². The number of benzene rings is 1. The van der Waals surface area contributed by atoms with E-state index in [2.05, 4.69) is 37.8 Å². The maximum absolute atomic E-state index is 5.75. The van der Waals surface area contributed by atoms with E-state index >= 15 is 0 Å². The van der Waals surface area contributed by atoms with E-state index in [0.29, 0.717) is 79.3 Å². The molecule has 0 aromatic heterocycles. The molecule has 1 rings (SSSR count). The molecule has 1 aromatic rings. The van der Waals surface area contributed by atoms with Crippen LogP contribution in [0.4, 0.5) is 0 Å². The smallest absolute Gasteiger partial charge is 0.119 e. The van der Waals surface area contributed by atoms with Crippen molar-refractivity contribution >= 4 is 0 Å². The van der Waals surface area contributed by atoms with Crippen molar-refractivity contribution in [3.05, 3.63) is 42.7 Å². The molecule has 0 unspecified atom stereocenters. The van der Waals surface area contributed by atoms with Crippen LogP contribution in [0, 0.1) is 0 Å². The van der Waals surface area contributed by atoms with Crippen LogP contribution in [-0.4, -0.2) is 79.3 Å². The molecule has 0 heterocycles. The molecule has 0 atom stereocenters. The zero-order valence-electron chi connectivity index (χ0n) is 21.9. The van der Waals surface area contributed by atoms with E-state index in [1.165, 1.54) is 50.4 Å². The lowest BCUT2D eigenvalue weighted by Gasteiger charge is -2.09. The van der Waals surface area contributed by atoms with Crippen LogP contribution in [0.3, 0.4) is 0 Å². The molecule has 1 aromatic carbocycles. The summed E-state index contributed by atoms with van der Waals surface area (Å²) >= 11 is 0. The largest absolute Gasteiger partial charge is 0.499 e. The fourth-order valence-electron chi connectivity index (χ4n) is 3.25. The van der Waals surface area contributed by atoms with Crippen molar-refractivity contribution < 1.29 is 33.2 Å². The maximum atomic E-state index is 5.75. The van der Waals surface area contributed by atoms with Crippen LogP contribution in [0.5, 0.6) is 5.75 Å². The molecule has 0 aliphatic carbocycles. The van der Waals surface area contributed by atoms with Gasteiger partial charge < -0.3 is 33.2 Å². The Morgan fingerprint density at radius 1 is 0.571 bits per heavy atom. The fraction of sp³-hybridized carbons (Fsp3) is 0.714. The minimum absolute atomic E-state index is 0.513. The third-order valence-corrected chi connectivity index (χ3v) is 5.19. The molecule has 7 heteroatoms. The average Bonchev–Trinajstić information content (AvgIpc) is 2.88. The van der Waals surface area contributed by atoms with Gasteiger partial charge in [0, 0.05) is 0 Å². The first-order valence-corrected chi connectivity index (χ1v) is 13.2. The normalized spacial score (nSPS) is 11.0. The van der Waals surface area contributed by atoms with Crippen LogP contribution in [0.2, 0.25) is 0 Å². The minimum atomic E-state index is 0.513. The molecule has 7 nitrogen and oxygen atoms in total. The molecule has 0 radical (unpaired) electrons. The lowest BCUT2D eigenvalue weighted by molar-refractivity contribution is -0.0150. The molecular formula is C28H48O7. The zero-order valence-corrected chi connectivity index (χ0v) is 21.9. The van der Waals surface area contributed by atoms with Gasteiger partial charge in [-0.25, -0.2) is 0 Å². The number of aryl methyl sites for hydroxylation is 1. The van der Waals surface area contributed by atoms with Crippen LogP contribution >= 0.6 is 0 Å². The Balaban J connectivity index is 1.80. The Morgan fingerprint density at radius 2 is 1.03 bits per heavy atom. The lowest BCUT2D eigenvalue weighted by Crippen LogP contribution is -2.14. The van der Waals surface area contributed by atoms with Gasteiger partial charge in [-0.05, 0) is 30.5 Å². The lowest BCUT2D eigenvalue weighted by atomic mass is 10.0. The highest BCUT2D eigenvalue weighted by Crippen LogP contribution is 2.15. The van der Waals surface area contributed by atoms with Gasteiger partial charge in [-0.15, -0.1) is 0 Å². The summed E-state index contributed by atoms with van der Waals surface area (Å²) in [6.07, 6.45) is 10.5. The highest BCUT2D eigenvalue weighted by Gasteiger charge is 1.98. The van der Waals surface area contributed by atoms with Crippen LogP contribution < -0.4 is 4.74 Å². The highest BCUT2D eigenvalue weighted by molar-refractivity contribution is 5.27. The van der Waals surface area contributed by atoms with Crippen molar-refractivity contribution in [1.29, 1.82) is 0 Å². The standard InChI is InChI=1S/C28H48O7/c1-3-5-6-7-8-9-10-27-11-13-28(14-12-27)35-26-25-34-24-23-33-22-21-32-20-19-31-18-17-30-16-15-29-4-2/h4,11-14H,2-3,5-10,15-26H2,1H3. The highest BCUT2D eigenvalue weighted by atomic mass is 16.6. The van der Waals surface area contributed by atoms with Crippen LogP contribution in [-0.2, 0) is 34.8 Å². The second-order valence-electron chi connectivity index (χ2n) is 8.11. The van der Waals surface area contributed by atoms with Gasteiger partial charge in [-0.3, -0.25) is 0 Å². The van der Waals surface area contributed by atoms with Crippen molar-refractivity contribution in [1.82, 2.24) is 0 Å². The van der Waals surface area contributed by atoms with E-state index in [1.807, 2.05) is 0 Å². The Labute approximate surface area is 213 Å². The van der Waals surface area contributed by atoms with Gasteiger partial charge in [0.1, 0.15) is 19.0 Å². The quantitative estimate of drug-likeness (QED) is 0.122. The number of hydrogen-bond donors (Lipinski definition) is 0. The van der Waals surface area contributed by atoms with Gasteiger partial charge in [0.25, 0.3) is 0 Å². The average molecular weight is 497 g/mol. The number of rotatable bonds is 27. The van der Waals surface area contributed by atoms with Gasteiger partial charge in [0.2, 0.25) is 0 Å². The monoisotopic (exact) mass is 496 g/mol. The van der Waals surface area contributed by atoms with Crippen molar-refractivity contribution in [3.8, 4) is 5.75 Å². The van der Waals surface area contributed by atoms with E-state index in [0.717, 1.165) is 12.2 Å². The van der Waals surface area contributed by atoms with Gasteiger partial charge in [-0.1, -0.05) is 57.7 Å². The van der Waals surface area contributed by atoms with E-state index in [4.69, 9.17) is 33.2 Å². The summed E-state index contributed by atoms with van der Waals surface area (Å²) < 4.78 is 37.9. The Kier molecular flexibility index (Phi) is 22.8. The molecule has 0 fully saturated rings. The van der Waals surface area contributed by atoms with Crippen LogP contribution in [0.25, 0.3) is 0 Å². The number of hydrogen-bond acceptors (Lipinski definition) is 7. The van der Waals surface area contributed by atoms with Crippen molar-refractivity contribution in [2.75, 3.05) is 79.3 Å². The predicted molar refractivity (Wildman–Crippen MR) is 139 cm³/mol. The molecule has 0 saturated carbocycles. The van der Waals surface area contributed by atoms with E-state index in [1.54, 1.807) is 0 Å². The Morgan fingerprint density at radius 3 is 1.54 bits per heavy atom. The third kappa shape index (κ3) is 21.4. The van der Waals surface area contributed by atoms with Gasteiger partial charge in [0.15, 0.2) is 0 Å². The molecule has 0 saturated heterocycles. The van der Waals surface area contributed by atoms with Gasteiger partial charge in [-0.2, -0.15) is 0 Å². The van der Waals surface area contributed by atoms with Crippen molar-refractivity contribution in [3.63, 3.8) is 0 Å². The summed E-state index contributed by atoms with van der Waals surface area (Å²) in [5.74, 6) is 0.892. The minimum Gasteiger partial charge on any atom is -0.499 e. The first-order chi connectivity index (χ1) is 17.4. The zero-order chi connectivity index (χ0) is 25.1. The maximum Gasteiger partial charge on any atom is 0.119 e. The fourth-order valence-corrected chi connectivity index (χ4v) is 3.25. The molecule has 0 amide bonds. The first-order valence-electron chi connectivity index (χ1n) is 13.2. The summed E-state index contributed by atoms with van der Waals surface area (Å²) in [6.45, 7) is 12.2. The molecule has 0 bridgehead atoms. The Bertz CT molecular complexity index is 565. The van der Waals surface area contributed by atoms with Crippen molar-refractivity contribution in [2.45, 2.75) is 51.9 Å². The SMILES string of the molecule is C=COCCOCCOCCOCCOCCOCCOc1ccc(CCCCCCCC)cc1. The second-order valence-corrected chi connectivity index (χ2v) is 8.11. The molecule has 35 heavy (non-hydrogen) atoms. The van der Waals surface area contributed by atoms with E-state index < -0.39 is 0 Å². The third-order valence-electron chi connectivity index (χ3n) is 5.19. The number of unbranched alkanes of at least 4 members (excludes halogenated alkanes) is 5. The molecule has 0 N–H and O–H groups in total. The topological polar surface area (TPSA) is 64.6 Å². The summed E-state index contributed by atoms with van der Waals surface area (Å²) in [5.41, 5.74) is 1.38. The van der Waals surface area contributed by atoms with Crippen LogP contribution in [0.15, 0.2) is 37.1 Å². The predicted octanol–water partition coefficient (Wildman–Crippen LogP) is 5.21. The Hall–Kier alpha value is -1.64. The van der Waals surface area contributed by atoms with E-state index in [-0.39, 0.29) is 0 Å². The summed E-state index contributed by atoms with van der Waals surface area (Å²) in [4.78, 5) is 0. The second kappa shape index (κ2) is 25.5. The van der Waals surface area contributed by atoms with Gasteiger partial charge >= 0.3 is 0 Å². The molecule has 202 valence electrons.